The molecule has 0 spiro atoms. The molecule has 2 aromatic heterocycles. The Labute approximate surface area is 222 Å². The predicted molar refractivity (Wildman–Crippen MR) is 149 cm³/mol. The van der Waals surface area contributed by atoms with E-state index in [1.165, 1.54) is 0 Å². The van der Waals surface area contributed by atoms with E-state index >= 15 is 0 Å². The summed E-state index contributed by atoms with van der Waals surface area (Å²) in [7, 11) is 0. The summed E-state index contributed by atoms with van der Waals surface area (Å²) < 4.78 is 12.0. The van der Waals surface area contributed by atoms with Crippen LogP contribution in [-0.4, -0.2) is 39.8 Å². The number of benzene rings is 2. The summed E-state index contributed by atoms with van der Waals surface area (Å²) >= 11 is 0. The monoisotopic (exact) mass is 511 g/mol. The number of aromatic nitrogens is 2. The van der Waals surface area contributed by atoms with Crippen LogP contribution in [0, 0.1) is 13.8 Å². The van der Waals surface area contributed by atoms with Crippen molar-refractivity contribution in [3.63, 3.8) is 0 Å². The quantitative estimate of drug-likeness (QED) is 0.316. The third kappa shape index (κ3) is 5.07. The number of hydrogen-bond donors (Lipinski definition) is 2. The van der Waals surface area contributed by atoms with Crippen LogP contribution in [0.4, 0.5) is 5.69 Å². The molecule has 0 radical (unpaired) electrons. The number of ether oxygens (including phenoxy) is 2. The van der Waals surface area contributed by atoms with Gasteiger partial charge >= 0.3 is 5.97 Å². The van der Waals surface area contributed by atoms with Gasteiger partial charge in [0.1, 0.15) is 12.4 Å². The number of fused-ring (bicyclic) bond motifs is 2. The van der Waals surface area contributed by atoms with Crippen molar-refractivity contribution >= 4 is 22.6 Å². The molecule has 3 heterocycles. The van der Waals surface area contributed by atoms with E-state index in [2.05, 4.69) is 28.5 Å². The molecule has 2 aromatic carbocycles. The van der Waals surface area contributed by atoms with Crippen LogP contribution in [0.1, 0.15) is 54.8 Å². The first kappa shape index (κ1) is 25.7. The zero-order chi connectivity index (χ0) is 27.0. The van der Waals surface area contributed by atoms with Crippen molar-refractivity contribution in [2.45, 2.75) is 52.7 Å². The van der Waals surface area contributed by atoms with E-state index < -0.39 is 17.7 Å². The molecular weight excluding hydrogens is 478 g/mol. The molecule has 0 saturated carbocycles. The predicted octanol–water partition coefficient (Wildman–Crippen LogP) is 6.25. The van der Waals surface area contributed by atoms with Crippen molar-refractivity contribution in [3.8, 4) is 16.9 Å². The molecule has 7 nitrogen and oxygen atoms in total. The molecule has 1 aliphatic heterocycles. The van der Waals surface area contributed by atoms with Crippen LogP contribution in [0.25, 0.3) is 22.0 Å². The van der Waals surface area contributed by atoms with E-state index in [0.29, 0.717) is 24.4 Å². The van der Waals surface area contributed by atoms with Crippen LogP contribution in [0.15, 0.2) is 54.9 Å². The van der Waals surface area contributed by atoms with Crippen LogP contribution in [0.3, 0.4) is 0 Å². The number of rotatable bonds is 6. The van der Waals surface area contributed by atoms with E-state index in [-0.39, 0.29) is 0 Å². The van der Waals surface area contributed by atoms with Crippen LogP contribution >= 0.6 is 0 Å². The summed E-state index contributed by atoms with van der Waals surface area (Å²) in [4.78, 5) is 21.7. The Balaban J connectivity index is 1.76. The Bertz CT molecular complexity index is 1510. The fourth-order valence-electron chi connectivity index (χ4n) is 5.13. The summed E-state index contributed by atoms with van der Waals surface area (Å²) in [5.41, 5.74) is 7.31. The van der Waals surface area contributed by atoms with E-state index in [9.17, 15) is 9.90 Å². The van der Waals surface area contributed by atoms with Gasteiger partial charge in [0.15, 0.2) is 6.10 Å². The van der Waals surface area contributed by atoms with Crippen molar-refractivity contribution < 1.29 is 19.4 Å². The molecule has 0 bridgehead atoms. The van der Waals surface area contributed by atoms with Crippen LogP contribution in [-0.2, 0) is 16.0 Å². The summed E-state index contributed by atoms with van der Waals surface area (Å²) in [5, 5.41) is 14.7. The highest BCUT2D eigenvalue weighted by Gasteiger charge is 2.33. The number of nitrogens with one attached hydrogen (secondary N) is 1. The average Bonchev–Trinajstić information content (AvgIpc) is 2.87. The maximum atomic E-state index is 12.6. The lowest BCUT2D eigenvalue weighted by Gasteiger charge is -2.29. The van der Waals surface area contributed by atoms with Gasteiger partial charge in [0.2, 0.25) is 0 Å². The number of carbonyl (C=O) groups is 1. The maximum absolute atomic E-state index is 12.6. The van der Waals surface area contributed by atoms with Crippen LogP contribution in [0.5, 0.6) is 5.75 Å². The van der Waals surface area contributed by atoms with E-state index in [0.717, 1.165) is 56.6 Å². The lowest BCUT2D eigenvalue weighted by atomic mass is 9.87. The summed E-state index contributed by atoms with van der Waals surface area (Å²) in [5.74, 6) is -0.244. The first-order chi connectivity index (χ1) is 18.1. The highest BCUT2D eigenvalue weighted by Crippen LogP contribution is 2.44. The molecule has 0 amide bonds. The summed E-state index contributed by atoms with van der Waals surface area (Å²) in [6, 6.07) is 14.2. The van der Waals surface area contributed by atoms with Gasteiger partial charge in [0.05, 0.1) is 16.8 Å². The summed E-state index contributed by atoms with van der Waals surface area (Å²) in [6.07, 6.45) is 3.15. The van der Waals surface area contributed by atoms with E-state index in [4.69, 9.17) is 14.5 Å². The van der Waals surface area contributed by atoms with Crippen molar-refractivity contribution in [2.75, 3.05) is 18.5 Å². The van der Waals surface area contributed by atoms with E-state index in [1.807, 2.05) is 58.9 Å². The van der Waals surface area contributed by atoms with E-state index in [1.54, 1.807) is 12.4 Å². The van der Waals surface area contributed by atoms with Gasteiger partial charge in [-0.1, -0.05) is 18.2 Å². The molecule has 4 aromatic rings. The zero-order valence-corrected chi connectivity index (χ0v) is 22.5. The molecule has 0 aliphatic carbocycles. The molecular formula is C31H33N3O4. The molecule has 1 aliphatic rings. The largest absolute Gasteiger partial charge is 0.490 e. The Hall–Kier alpha value is -3.97. The molecule has 5 rings (SSSR count). The number of pyridine rings is 2. The number of aryl methyl sites for hydroxylation is 1. The fraction of sp³-hybridized carbons (Fsp3) is 0.323. The number of carboxylic acids is 1. The second-order valence-corrected chi connectivity index (χ2v) is 10.7. The minimum atomic E-state index is -1.18. The Morgan fingerprint density at radius 3 is 2.58 bits per heavy atom. The minimum Gasteiger partial charge on any atom is -0.490 e. The van der Waals surface area contributed by atoms with Crippen molar-refractivity contribution in [2.24, 2.45) is 0 Å². The second kappa shape index (κ2) is 10.1. The third-order valence-electron chi connectivity index (χ3n) is 6.75. The number of anilines is 1. The van der Waals surface area contributed by atoms with Crippen molar-refractivity contribution in [1.82, 2.24) is 9.97 Å². The Kier molecular flexibility index (Phi) is 6.80. The first-order valence-corrected chi connectivity index (χ1v) is 12.9. The molecule has 1 atom stereocenters. The average molecular weight is 512 g/mol. The molecule has 196 valence electrons. The van der Waals surface area contributed by atoms with Gasteiger partial charge in [-0.2, -0.15) is 0 Å². The SMILES string of the molecule is Cc1nc2cc(Cc3ccncc3)ccc2c(-c2ccc3c(c2C)NCCO3)c1[C@H](OC(C)(C)C)C(=O)O. The highest BCUT2D eigenvalue weighted by molar-refractivity contribution is 6.00. The van der Waals surface area contributed by atoms with Crippen LogP contribution < -0.4 is 10.1 Å². The lowest BCUT2D eigenvalue weighted by Crippen LogP contribution is -2.28. The Morgan fingerprint density at radius 1 is 1.11 bits per heavy atom. The fourth-order valence-corrected chi connectivity index (χ4v) is 5.13. The molecule has 0 unspecified atom stereocenters. The normalized spacial score (nSPS) is 13.9. The molecule has 0 fully saturated rings. The highest BCUT2D eigenvalue weighted by atomic mass is 16.5. The first-order valence-electron chi connectivity index (χ1n) is 12.9. The van der Waals surface area contributed by atoms with Gasteiger partial charge in [-0.25, -0.2) is 4.79 Å². The number of nitrogens with zero attached hydrogens (tertiary/aromatic N) is 2. The molecule has 0 saturated heterocycles. The second-order valence-electron chi connectivity index (χ2n) is 10.7. The van der Waals surface area contributed by atoms with Gasteiger partial charge in [-0.05, 0) is 93.1 Å². The van der Waals surface area contributed by atoms with Gasteiger partial charge in [0, 0.05) is 35.6 Å². The minimum absolute atomic E-state index is 0.571. The van der Waals surface area contributed by atoms with Crippen molar-refractivity contribution in [1.29, 1.82) is 0 Å². The number of hydrogen-bond acceptors (Lipinski definition) is 6. The van der Waals surface area contributed by atoms with Crippen LogP contribution in [0.2, 0.25) is 0 Å². The topological polar surface area (TPSA) is 93.6 Å². The van der Waals surface area contributed by atoms with Gasteiger partial charge in [0.25, 0.3) is 0 Å². The van der Waals surface area contributed by atoms with Crippen molar-refractivity contribution in [3.05, 3.63) is 82.8 Å². The van der Waals surface area contributed by atoms with Gasteiger partial charge in [-0.3, -0.25) is 9.97 Å². The zero-order valence-electron chi connectivity index (χ0n) is 22.5. The number of aliphatic carboxylic acids is 1. The Morgan fingerprint density at radius 2 is 1.87 bits per heavy atom. The van der Waals surface area contributed by atoms with Gasteiger partial charge in [-0.15, -0.1) is 0 Å². The number of carboxylic acid groups (broad SMARTS) is 1. The smallest absolute Gasteiger partial charge is 0.337 e. The third-order valence-corrected chi connectivity index (χ3v) is 6.75. The maximum Gasteiger partial charge on any atom is 0.337 e. The molecule has 38 heavy (non-hydrogen) atoms. The lowest BCUT2D eigenvalue weighted by molar-refractivity contribution is -0.160. The standard InChI is InChI=1S/C31H33N3O4/c1-18-22(8-9-25-28(18)33-14-15-37-25)27-23-7-6-21(16-20-10-12-32-13-11-20)17-24(23)34-19(2)26(27)29(30(35)36)38-31(3,4)5/h6-13,17,29,33H,14-16H2,1-5H3,(H,35,36)/t29-/m0/s1. The molecule has 2 N–H and O–H groups in total. The summed E-state index contributed by atoms with van der Waals surface area (Å²) in [6.45, 7) is 10.8. The van der Waals surface area contributed by atoms with Gasteiger partial charge < -0.3 is 19.9 Å². The molecule has 7 heteroatoms.